The molecule has 2 aromatic rings. The van der Waals surface area contributed by atoms with E-state index in [0.29, 0.717) is 24.7 Å². The van der Waals surface area contributed by atoms with Gasteiger partial charge in [-0.05, 0) is 55.2 Å². The summed E-state index contributed by atoms with van der Waals surface area (Å²) < 4.78 is 38.8. The summed E-state index contributed by atoms with van der Waals surface area (Å²) in [6, 6.07) is 8.84. The van der Waals surface area contributed by atoms with Gasteiger partial charge in [0.15, 0.2) is 0 Å². The van der Waals surface area contributed by atoms with Crippen LogP contribution in [0.2, 0.25) is 0 Å². The van der Waals surface area contributed by atoms with Gasteiger partial charge in [0, 0.05) is 6.54 Å². The van der Waals surface area contributed by atoms with Gasteiger partial charge in [-0.15, -0.1) is 0 Å². The Morgan fingerprint density at radius 1 is 1.13 bits per heavy atom. The highest BCUT2D eigenvalue weighted by Gasteiger charge is 2.38. The number of benzene rings is 1. The highest BCUT2D eigenvalue weighted by molar-refractivity contribution is 7.89. The van der Waals surface area contributed by atoms with E-state index in [-0.39, 0.29) is 6.04 Å². The molecule has 0 unspecified atom stereocenters. The highest BCUT2D eigenvalue weighted by Crippen LogP contribution is 2.37. The molecule has 0 aliphatic carbocycles. The molecular weight excluding hydrogens is 314 g/mol. The summed E-state index contributed by atoms with van der Waals surface area (Å²) in [5.74, 6) is 1.53. The summed E-state index contributed by atoms with van der Waals surface area (Å²) >= 11 is 0. The van der Waals surface area contributed by atoms with E-state index < -0.39 is 10.0 Å². The molecule has 0 bridgehead atoms. The SMILES string of the molecule is Cc1ccc([C@H]2CCCN2S(=O)(=O)c2ccc3c(c2)COC3)o1. The summed E-state index contributed by atoms with van der Waals surface area (Å²) in [7, 11) is -3.53. The van der Waals surface area contributed by atoms with Gasteiger partial charge in [-0.25, -0.2) is 8.42 Å². The van der Waals surface area contributed by atoms with Crippen molar-refractivity contribution in [2.24, 2.45) is 0 Å². The fraction of sp³-hybridized carbons (Fsp3) is 0.412. The molecule has 1 aromatic heterocycles. The van der Waals surface area contributed by atoms with E-state index >= 15 is 0 Å². The van der Waals surface area contributed by atoms with E-state index in [2.05, 4.69) is 0 Å². The molecule has 1 aromatic carbocycles. The number of fused-ring (bicyclic) bond motifs is 1. The Bertz CT molecular complexity index is 840. The number of furan rings is 1. The monoisotopic (exact) mass is 333 g/mol. The summed E-state index contributed by atoms with van der Waals surface area (Å²) in [4.78, 5) is 0.344. The number of nitrogens with zero attached hydrogens (tertiary/aromatic N) is 1. The van der Waals surface area contributed by atoms with Gasteiger partial charge in [-0.3, -0.25) is 0 Å². The number of aryl methyl sites for hydroxylation is 1. The zero-order chi connectivity index (χ0) is 16.0. The molecule has 4 rings (SSSR count). The lowest BCUT2D eigenvalue weighted by molar-refractivity contribution is 0.134. The number of hydrogen-bond acceptors (Lipinski definition) is 4. The van der Waals surface area contributed by atoms with Crippen molar-refractivity contribution in [3.63, 3.8) is 0 Å². The van der Waals surface area contributed by atoms with E-state index in [1.807, 2.05) is 25.1 Å². The molecular formula is C17H19NO4S. The molecule has 0 N–H and O–H groups in total. The van der Waals surface area contributed by atoms with Crippen LogP contribution < -0.4 is 0 Å². The van der Waals surface area contributed by atoms with Gasteiger partial charge in [0.2, 0.25) is 10.0 Å². The third kappa shape index (κ3) is 2.51. The molecule has 0 amide bonds. The van der Waals surface area contributed by atoms with E-state index in [1.165, 1.54) is 0 Å². The maximum absolute atomic E-state index is 13.1. The molecule has 1 fully saturated rings. The van der Waals surface area contributed by atoms with Crippen molar-refractivity contribution in [1.29, 1.82) is 0 Å². The Kier molecular flexibility index (Phi) is 3.55. The van der Waals surface area contributed by atoms with Crippen molar-refractivity contribution in [3.05, 3.63) is 53.0 Å². The van der Waals surface area contributed by atoms with Gasteiger partial charge in [-0.2, -0.15) is 4.31 Å². The Morgan fingerprint density at radius 3 is 2.74 bits per heavy atom. The summed E-state index contributed by atoms with van der Waals surface area (Å²) in [6.45, 7) is 3.45. The molecule has 122 valence electrons. The molecule has 6 heteroatoms. The fourth-order valence-corrected chi connectivity index (χ4v) is 5.10. The molecule has 0 radical (unpaired) electrons. The number of rotatable bonds is 3. The van der Waals surface area contributed by atoms with E-state index in [1.54, 1.807) is 16.4 Å². The first kappa shape index (κ1) is 14.9. The largest absolute Gasteiger partial charge is 0.465 e. The summed E-state index contributed by atoms with van der Waals surface area (Å²) in [5.41, 5.74) is 2.04. The third-order valence-electron chi connectivity index (χ3n) is 4.59. The third-order valence-corrected chi connectivity index (χ3v) is 6.50. The van der Waals surface area contributed by atoms with Gasteiger partial charge in [0.05, 0.1) is 24.2 Å². The lowest BCUT2D eigenvalue weighted by Crippen LogP contribution is -2.30. The van der Waals surface area contributed by atoms with E-state index in [9.17, 15) is 8.42 Å². The zero-order valence-corrected chi connectivity index (χ0v) is 13.8. The van der Waals surface area contributed by atoms with Gasteiger partial charge in [0.25, 0.3) is 0 Å². The Morgan fingerprint density at radius 2 is 1.96 bits per heavy atom. The molecule has 3 heterocycles. The second-order valence-electron chi connectivity index (χ2n) is 6.15. The van der Waals surface area contributed by atoms with Crippen LogP contribution in [-0.2, 0) is 28.0 Å². The van der Waals surface area contributed by atoms with Gasteiger partial charge in [0.1, 0.15) is 11.5 Å². The van der Waals surface area contributed by atoms with Crippen LogP contribution in [0, 0.1) is 6.92 Å². The average Bonchev–Trinajstić information content (AvgIpc) is 3.26. The second-order valence-corrected chi connectivity index (χ2v) is 8.04. The average molecular weight is 333 g/mol. The Labute approximate surface area is 135 Å². The van der Waals surface area contributed by atoms with Crippen molar-refractivity contribution in [3.8, 4) is 0 Å². The van der Waals surface area contributed by atoms with Crippen LogP contribution in [0.3, 0.4) is 0 Å². The fourth-order valence-electron chi connectivity index (χ4n) is 3.39. The number of hydrogen-bond donors (Lipinski definition) is 0. The standard InChI is InChI=1S/C17H19NO4S/c1-12-4-7-17(22-12)16-3-2-8-18(16)23(19,20)15-6-5-13-10-21-11-14(13)9-15/h4-7,9,16H,2-3,8,10-11H2,1H3/t16-/m1/s1. The van der Waals surface area contributed by atoms with E-state index in [4.69, 9.17) is 9.15 Å². The second kappa shape index (κ2) is 5.47. The number of ether oxygens (including phenoxy) is 1. The number of sulfonamides is 1. The maximum atomic E-state index is 13.1. The van der Waals surface area contributed by atoms with Crippen molar-refractivity contribution in [2.75, 3.05) is 6.54 Å². The van der Waals surface area contributed by atoms with Crippen LogP contribution in [0.1, 0.15) is 41.5 Å². The zero-order valence-electron chi connectivity index (χ0n) is 13.0. The van der Waals surface area contributed by atoms with Crippen LogP contribution in [0.4, 0.5) is 0 Å². The van der Waals surface area contributed by atoms with E-state index in [0.717, 1.165) is 35.5 Å². The van der Waals surface area contributed by atoms with Crippen molar-refractivity contribution < 1.29 is 17.6 Å². The van der Waals surface area contributed by atoms with Gasteiger partial charge in [-0.1, -0.05) is 6.07 Å². The highest BCUT2D eigenvalue weighted by atomic mass is 32.2. The predicted molar refractivity (Wildman–Crippen MR) is 84.2 cm³/mol. The minimum Gasteiger partial charge on any atom is -0.465 e. The first-order valence-electron chi connectivity index (χ1n) is 7.83. The molecule has 5 nitrogen and oxygen atoms in total. The Hall–Kier alpha value is -1.63. The maximum Gasteiger partial charge on any atom is 0.243 e. The minimum atomic E-state index is -3.53. The predicted octanol–water partition coefficient (Wildman–Crippen LogP) is 3.14. The summed E-state index contributed by atoms with van der Waals surface area (Å²) in [6.07, 6.45) is 1.64. The quantitative estimate of drug-likeness (QED) is 0.866. The van der Waals surface area contributed by atoms with Gasteiger partial charge >= 0.3 is 0 Å². The summed E-state index contributed by atoms with van der Waals surface area (Å²) in [5, 5.41) is 0. The minimum absolute atomic E-state index is 0.210. The van der Waals surface area contributed by atoms with Crippen LogP contribution in [0.25, 0.3) is 0 Å². The first-order valence-corrected chi connectivity index (χ1v) is 9.27. The normalized spacial score (nSPS) is 21.7. The molecule has 2 aliphatic heterocycles. The molecule has 1 atom stereocenters. The molecule has 23 heavy (non-hydrogen) atoms. The topological polar surface area (TPSA) is 59.8 Å². The van der Waals surface area contributed by atoms with Crippen LogP contribution >= 0.6 is 0 Å². The molecule has 0 spiro atoms. The lowest BCUT2D eigenvalue weighted by Gasteiger charge is -2.23. The van der Waals surface area contributed by atoms with Crippen molar-refractivity contribution in [2.45, 2.75) is 43.9 Å². The van der Waals surface area contributed by atoms with Crippen molar-refractivity contribution in [1.82, 2.24) is 4.31 Å². The smallest absolute Gasteiger partial charge is 0.243 e. The molecule has 2 aliphatic rings. The molecule has 0 saturated carbocycles. The van der Waals surface area contributed by atoms with Crippen LogP contribution in [-0.4, -0.2) is 19.3 Å². The first-order chi connectivity index (χ1) is 11.1. The Balaban J connectivity index is 1.70. The molecule has 1 saturated heterocycles. The van der Waals surface area contributed by atoms with Crippen LogP contribution in [0.5, 0.6) is 0 Å². The lowest BCUT2D eigenvalue weighted by atomic mass is 10.1. The van der Waals surface area contributed by atoms with Gasteiger partial charge < -0.3 is 9.15 Å². The van der Waals surface area contributed by atoms with Crippen LogP contribution in [0.15, 0.2) is 39.6 Å². The van der Waals surface area contributed by atoms with Crippen molar-refractivity contribution >= 4 is 10.0 Å².